The largest absolute Gasteiger partial charge is 0.382 e. The summed E-state index contributed by atoms with van der Waals surface area (Å²) in [5, 5.41) is 12.3. The summed E-state index contributed by atoms with van der Waals surface area (Å²) in [5.74, 6) is 0. The topological polar surface area (TPSA) is 35.8 Å². The number of nitrogens with one attached hydrogen (secondary N) is 1. The minimum Gasteiger partial charge on any atom is -0.382 e. The van der Waals surface area contributed by atoms with Crippen molar-refractivity contribution in [1.29, 1.82) is 5.26 Å². The third-order valence-corrected chi connectivity index (χ3v) is 2.53. The number of fused-ring (bicyclic) bond motifs is 1. The van der Waals surface area contributed by atoms with Gasteiger partial charge < -0.3 is 5.32 Å². The lowest BCUT2D eigenvalue weighted by Crippen LogP contribution is -2.22. The normalized spacial score (nSPS) is 19.8. The monoisotopic (exact) mass is 172 g/mol. The number of nitriles is 1. The number of hydrogen-bond donors (Lipinski definition) is 1. The Bertz CT molecular complexity index is 363. The lowest BCUT2D eigenvalue weighted by atomic mass is 9.95. The Kier molecular flexibility index (Phi) is 1.94. The smallest absolute Gasteiger partial charge is 0.0995 e. The first-order chi connectivity index (χ1) is 6.31. The van der Waals surface area contributed by atoms with Crippen LogP contribution in [0.4, 0.5) is 5.69 Å². The zero-order chi connectivity index (χ0) is 9.26. The van der Waals surface area contributed by atoms with Gasteiger partial charge in [0.2, 0.25) is 0 Å². The van der Waals surface area contributed by atoms with E-state index in [9.17, 15) is 0 Å². The molecule has 1 N–H and O–H groups in total. The summed E-state index contributed by atoms with van der Waals surface area (Å²) in [5.41, 5.74) is 3.14. The molecule has 2 rings (SSSR count). The Hall–Kier alpha value is -1.49. The summed E-state index contributed by atoms with van der Waals surface area (Å²) in [7, 11) is 0. The summed E-state index contributed by atoms with van der Waals surface area (Å²) in [6.45, 7) is 2.17. The van der Waals surface area contributed by atoms with Crippen LogP contribution in [0.5, 0.6) is 0 Å². The molecule has 0 radical (unpaired) electrons. The van der Waals surface area contributed by atoms with Crippen LogP contribution in [0, 0.1) is 11.3 Å². The van der Waals surface area contributed by atoms with Crippen molar-refractivity contribution in [1.82, 2.24) is 0 Å². The average molecular weight is 172 g/mol. The Balaban J connectivity index is 2.47. The van der Waals surface area contributed by atoms with Crippen LogP contribution in [0.15, 0.2) is 18.2 Å². The van der Waals surface area contributed by atoms with E-state index in [1.165, 1.54) is 5.56 Å². The molecule has 0 saturated heterocycles. The minimum atomic E-state index is 0.529. The Morgan fingerprint density at radius 1 is 1.54 bits per heavy atom. The van der Waals surface area contributed by atoms with Gasteiger partial charge in [0, 0.05) is 11.7 Å². The van der Waals surface area contributed by atoms with Crippen molar-refractivity contribution in [2.24, 2.45) is 0 Å². The molecule has 0 bridgehead atoms. The fraction of sp³-hybridized carbons (Fsp3) is 0.364. The van der Waals surface area contributed by atoms with Gasteiger partial charge in [0.25, 0.3) is 0 Å². The number of benzene rings is 1. The highest BCUT2D eigenvalue weighted by Crippen LogP contribution is 2.26. The highest BCUT2D eigenvalue weighted by Gasteiger charge is 2.15. The molecule has 0 amide bonds. The third kappa shape index (κ3) is 1.38. The molecule has 1 aromatic rings. The number of hydrogen-bond acceptors (Lipinski definition) is 2. The van der Waals surface area contributed by atoms with Crippen molar-refractivity contribution in [3.05, 3.63) is 29.3 Å². The quantitative estimate of drug-likeness (QED) is 0.651. The molecule has 13 heavy (non-hydrogen) atoms. The molecular formula is C11H12N2. The highest BCUT2D eigenvalue weighted by atomic mass is 14.9. The highest BCUT2D eigenvalue weighted by molar-refractivity contribution is 5.60. The van der Waals surface area contributed by atoms with Crippen molar-refractivity contribution < 1.29 is 0 Å². The van der Waals surface area contributed by atoms with E-state index in [4.69, 9.17) is 5.26 Å². The zero-order valence-corrected chi connectivity index (χ0v) is 7.67. The Labute approximate surface area is 78.2 Å². The Morgan fingerprint density at radius 3 is 3.15 bits per heavy atom. The molecule has 1 aliphatic heterocycles. The van der Waals surface area contributed by atoms with E-state index in [-0.39, 0.29) is 0 Å². The molecule has 66 valence electrons. The first-order valence-electron chi connectivity index (χ1n) is 4.60. The van der Waals surface area contributed by atoms with Crippen LogP contribution in [0.3, 0.4) is 0 Å². The van der Waals surface area contributed by atoms with E-state index >= 15 is 0 Å². The van der Waals surface area contributed by atoms with E-state index in [0.29, 0.717) is 6.04 Å². The molecule has 0 aromatic heterocycles. The van der Waals surface area contributed by atoms with Crippen LogP contribution >= 0.6 is 0 Å². The molecule has 2 heteroatoms. The lowest BCUT2D eigenvalue weighted by Gasteiger charge is -2.24. The third-order valence-electron chi connectivity index (χ3n) is 2.53. The van der Waals surface area contributed by atoms with Gasteiger partial charge in [0.1, 0.15) is 0 Å². The number of anilines is 1. The molecular weight excluding hydrogens is 160 g/mol. The fourth-order valence-corrected chi connectivity index (χ4v) is 1.79. The minimum absolute atomic E-state index is 0.529. The van der Waals surface area contributed by atoms with E-state index in [2.05, 4.69) is 18.3 Å². The predicted octanol–water partition coefficient (Wildman–Crippen LogP) is 2.30. The molecule has 1 aromatic carbocycles. The van der Waals surface area contributed by atoms with Crippen LogP contribution in [-0.2, 0) is 6.42 Å². The SMILES string of the molecule is C[C@@H]1CCc2c(C#N)cccc2N1. The maximum absolute atomic E-state index is 8.88. The van der Waals surface area contributed by atoms with Crippen molar-refractivity contribution in [2.45, 2.75) is 25.8 Å². The fourth-order valence-electron chi connectivity index (χ4n) is 1.79. The van der Waals surface area contributed by atoms with Crippen LogP contribution in [0.25, 0.3) is 0 Å². The average Bonchev–Trinajstić information content (AvgIpc) is 2.16. The van der Waals surface area contributed by atoms with Crippen molar-refractivity contribution >= 4 is 5.69 Å². The molecule has 0 aliphatic carbocycles. The van der Waals surface area contributed by atoms with E-state index in [1.807, 2.05) is 18.2 Å². The standard InChI is InChI=1S/C11H12N2/c1-8-5-6-10-9(7-12)3-2-4-11(10)13-8/h2-4,8,13H,5-6H2,1H3/t8-/m1/s1. The second-order valence-electron chi connectivity index (χ2n) is 3.53. The molecule has 0 fully saturated rings. The molecule has 0 spiro atoms. The van der Waals surface area contributed by atoms with Gasteiger partial charge in [-0.05, 0) is 37.5 Å². The van der Waals surface area contributed by atoms with Gasteiger partial charge in [0.15, 0.2) is 0 Å². The molecule has 1 atom stereocenters. The van der Waals surface area contributed by atoms with Gasteiger partial charge >= 0.3 is 0 Å². The van der Waals surface area contributed by atoms with Gasteiger partial charge in [-0.1, -0.05) is 6.07 Å². The molecule has 2 nitrogen and oxygen atoms in total. The second kappa shape index (κ2) is 3.10. The van der Waals surface area contributed by atoms with E-state index < -0.39 is 0 Å². The number of rotatable bonds is 0. The maximum atomic E-state index is 8.88. The van der Waals surface area contributed by atoms with Crippen molar-refractivity contribution in [3.63, 3.8) is 0 Å². The summed E-state index contributed by atoms with van der Waals surface area (Å²) >= 11 is 0. The van der Waals surface area contributed by atoms with Gasteiger partial charge in [-0.3, -0.25) is 0 Å². The van der Waals surface area contributed by atoms with Gasteiger partial charge in [-0.2, -0.15) is 5.26 Å². The second-order valence-corrected chi connectivity index (χ2v) is 3.53. The maximum Gasteiger partial charge on any atom is 0.0995 e. The molecule has 0 unspecified atom stereocenters. The molecule has 1 heterocycles. The predicted molar refractivity (Wildman–Crippen MR) is 52.6 cm³/mol. The summed E-state index contributed by atoms with van der Waals surface area (Å²) < 4.78 is 0. The summed E-state index contributed by atoms with van der Waals surface area (Å²) in [6.07, 6.45) is 2.14. The lowest BCUT2D eigenvalue weighted by molar-refractivity contribution is 0.680. The van der Waals surface area contributed by atoms with Crippen molar-refractivity contribution in [2.75, 3.05) is 5.32 Å². The Morgan fingerprint density at radius 2 is 2.38 bits per heavy atom. The van der Waals surface area contributed by atoms with Crippen LogP contribution in [0.1, 0.15) is 24.5 Å². The van der Waals surface area contributed by atoms with Gasteiger partial charge in [-0.25, -0.2) is 0 Å². The summed E-state index contributed by atoms with van der Waals surface area (Å²) in [4.78, 5) is 0. The van der Waals surface area contributed by atoms with E-state index in [0.717, 1.165) is 24.1 Å². The van der Waals surface area contributed by atoms with E-state index in [1.54, 1.807) is 0 Å². The van der Waals surface area contributed by atoms with Gasteiger partial charge in [0.05, 0.1) is 11.6 Å². The van der Waals surface area contributed by atoms with Crippen LogP contribution < -0.4 is 5.32 Å². The van der Waals surface area contributed by atoms with Crippen molar-refractivity contribution in [3.8, 4) is 6.07 Å². The first-order valence-corrected chi connectivity index (χ1v) is 4.60. The van der Waals surface area contributed by atoms with Crippen LogP contribution in [0.2, 0.25) is 0 Å². The first kappa shape index (κ1) is 8.12. The summed E-state index contributed by atoms with van der Waals surface area (Å²) in [6, 6.07) is 8.62. The number of nitrogens with zero attached hydrogens (tertiary/aromatic N) is 1. The zero-order valence-electron chi connectivity index (χ0n) is 7.67. The molecule has 0 saturated carbocycles. The van der Waals surface area contributed by atoms with Crippen LogP contribution in [-0.4, -0.2) is 6.04 Å². The molecule has 1 aliphatic rings. The van der Waals surface area contributed by atoms with Gasteiger partial charge in [-0.15, -0.1) is 0 Å².